The van der Waals surface area contributed by atoms with Crippen LogP contribution in [0, 0.1) is 13.8 Å². The number of furan rings is 2. The number of anilines is 6. The van der Waals surface area contributed by atoms with E-state index in [9.17, 15) is 0 Å². The average molecular weight is 961 g/mol. The van der Waals surface area contributed by atoms with Crippen LogP contribution in [0.1, 0.15) is 22.3 Å². The molecule has 14 aromatic rings. The van der Waals surface area contributed by atoms with Gasteiger partial charge in [-0.05, 0) is 100.0 Å². The molecule has 0 spiro atoms. The van der Waals surface area contributed by atoms with Gasteiger partial charge in [0.25, 0.3) is 0 Å². The minimum Gasteiger partial charge on any atom is -0.456 e. The molecule has 0 bridgehead atoms. The number of aryl methyl sites for hydroxylation is 2. The van der Waals surface area contributed by atoms with E-state index in [1.165, 1.54) is 44.5 Å². The molecule has 2 heterocycles. The smallest absolute Gasteiger partial charge is 0.159 e. The third-order valence-electron chi connectivity index (χ3n) is 15.6. The van der Waals surface area contributed by atoms with Crippen molar-refractivity contribution < 1.29 is 8.83 Å². The van der Waals surface area contributed by atoms with Gasteiger partial charge < -0.3 is 18.6 Å². The largest absolute Gasteiger partial charge is 0.456 e. The van der Waals surface area contributed by atoms with Crippen LogP contribution in [-0.2, 0) is 6.42 Å². The van der Waals surface area contributed by atoms with Crippen molar-refractivity contribution in [3.05, 3.63) is 265 Å². The fourth-order valence-electron chi connectivity index (χ4n) is 12.2. The molecule has 0 aliphatic heterocycles. The Bertz CT molecular complexity index is 4570. The van der Waals surface area contributed by atoms with Crippen LogP contribution in [0.3, 0.4) is 0 Å². The van der Waals surface area contributed by atoms with E-state index in [4.69, 9.17) is 8.83 Å². The summed E-state index contributed by atoms with van der Waals surface area (Å²) in [5.41, 5.74) is 22.0. The van der Waals surface area contributed by atoms with Gasteiger partial charge in [-0.25, -0.2) is 0 Å². The molecule has 0 unspecified atom stereocenters. The number of hydrogen-bond acceptors (Lipinski definition) is 4. The molecular formula is C71H48N2O2. The lowest BCUT2D eigenvalue weighted by molar-refractivity contribution is 0.668. The van der Waals surface area contributed by atoms with Crippen LogP contribution in [0.2, 0.25) is 0 Å². The van der Waals surface area contributed by atoms with E-state index in [0.29, 0.717) is 0 Å². The second kappa shape index (κ2) is 17.0. The van der Waals surface area contributed by atoms with Crippen molar-refractivity contribution in [1.82, 2.24) is 0 Å². The summed E-state index contributed by atoms with van der Waals surface area (Å²) in [7, 11) is 0. The van der Waals surface area contributed by atoms with Crippen molar-refractivity contribution in [2.75, 3.05) is 9.80 Å². The van der Waals surface area contributed by atoms with Crippen LogP contribution < -0.4 is 9.80 Å². The normalized spacial score (nSPS) is 12.1. The molecule has 4 heteroatoms. The van der Waals surface area contributed by atoms with Gasteiger partial charge in [-0.3, -0.25) is 0 Å². The van der Waals surface area contributed by atoms with Crippen molar-refractivity contribution in [2.24, 2.45) is 0 Å². The molecule has 0 fully saturated rings. The highest BCUT2D eigenvalue weighted by molar-refractivity contribution is 6.30. The first-order chi connectivity index (χ1) is 37.0. The second-order valence-corrected chi connectivity index (χ2v) is 20.1. The van der Waals surface area contributed by atoms with Gasteiger partial charge in [0.15, 0.2) is 5.58 Å². The van der Waals surface area contributed by atoms with E-state index >= 15 is 0 Å². The molecule has 0 radical (unpaired) electrons. The maximum absolute atomic E-state index is 7.36. The second-order valence-electron chi connectivity index (χ2n) is 20.1. The molecule has 0 saturated heterocycles. The van der Waals surface area contributed by atoms with Crippen LogP contribution in [-0.4, -0.2) is 0 Å². The number of fused-ring (bicyclic) bond motifs is 13. The predicted molar refractivity (Wildman–Crippen MR) is 314 cm³/mol. The van der Waals surface area contributed by atoms with Gasteiger partial charge in [-0.15, -0.1) is 0 Å². The zero-order valence-electron chi connectivity index (χ0n) is 41.5. The Kier molecular flexibility index (Phi) is 9.73. The standard InChI is InChI=1S/C71H48N2O2/c1-44-33-37-48(38-34-44)72(62-31-15-28-53-52-27-13-25-50(60(52)41-61(53)62)46-17-5-3-6-18-46)64-42-66-68(56-23-11-9-21-54(56)64)69-57-24-12-10-22-55(57)65(43-67(69)74-66)73(49-39-35-45(2)36-40-49)63-32-16-30-59-58-29-14-26-51(70(58)75-71(59)63)47-19-7-4-8-20-47/h3-40,42-43H,41H2,1-2H3. The van der Waals surface area contributed by atoms with Gasteiger partial charge in [0.1, 0.15) is 16.7 Å². The molecule has 0 saturated carbocycles. The van der Waals surface area contributed by atoms with E-state index in [1.54, 1.807) is 0 Å². The van der Waals surface area contributed by atoms with Crippen molar-refractivity contribution in [3.8, 4) is 33.4 Å². The maximum Gasteiger partial charge on any atom is 0.159 e. The highest BCUT2D eigenvalue weighted by Crippen LogP contribution is 2.53. The Morgan fingerprint density at radius 2 is 0.733 bits per heavy atom. The summed E-state index contributed by atoms with van der Waals surface area (Å²) < 4.78 is 14.5. The number of nitrogens with zero attached hydrogens (tertiary/aromatic N) is 2. The Labute approximate surface area is 434 Å². The van der Waals surface area contributed by atoms with Gasteiger partial charge in [-0.2, -0.15) is 0 Å². The number of hydrogen-bond donors (Lipinski definition) is 0. The van der Waals surface area contributed by atoms with Gasteiger partial charge in [-0.1, -0.05) is 205 Å². The van der Waals surface area contributed by atoms with Crippen molar-refractivity contribution in [3.63, 3.8) is 0 Å². The SMILES string of the molecule is Cc1ccc(N(c2cccc3c2Cc2c(-c4ccccc4)cccc2-3)c2cc3oc4cc(N(c5ccc(C)cc5)c5cccc6c5oc5c(-c7ccccc7)cccc56)c5ccccc5c4c3c3ccccc23)cc1. The Hall–Kier alpha value is -9.64. The lowest BCUT2D eigenvalue weighted by Gasteiger charge is -2.29. The van der Waals surface area contributed by atoms with Crippen LogP contribution in [0.25, 0.3) is 98.8 Å². The molecular weight excluding hydrogens is 913 g/mol. The number of para-hydroxylation sites is 2. The molecule has 0 atom stereocenters. The highest BCUT2D eigenvalue weighted by Gasteiger charge is 2.30. The Morgan fingerprint density at radius 1 is 0.307 bits per heavy atom. The fraction of sp³-hybridized carbons (Fsp3) is 0.0423. The maximum atomic E-state index is 7.36. The summed E-state index contributed by atoms with van der Waals surface area (Å²) in [4.78, 5) is 4.84. The first-order valence-electron chi connectivity index (χ1n) is 25.9. The van der Waals surface area contributed by atoms with E-state index in [0.717, 1.165) is 117 Å². The molecule has 1 aliphatic carbocycles. The summed E-state index contributed by atoms with van der Waals surface area (Å²) in [6, 6.07) is 87.9. The predicted octanol–water partition coefficient (Wildman–Crippen LogP) is 20.3. The lowest BCUT2D eigenvalue weighted by atomic mass is 9.96. The third kappa shape index (κ3) is 6.76. The van der Waals surface area contributed by atoms with Crippen LogP contribution in [0.5, 0.6) is 0 Å². The van der Waals surface area contributed by atoms with E-state index < -0.39 is 0 Å². The molecule has 75 heavy (non-hydrogen) atoms. The van der Waals surface area contributed by atoms with Gasteiger partial charge in [0, 0.05) is 67.8 Å². The topological polar surface area (TPSA) is 32.8 Å². The third-order valence-corrected chi connectivity index (χ3v) is 15.6. The van der Waals surface area contributed by atoms with Gasteiger partial charge in [0.05, 0.1) is 22.7 Å². The van der Waals surface area contributed by atoms with E-state index in [1.807, 2.05) is 0 Å². The Morgan fingerprint density at radius 3 is 1.33 bits per heavy atom. The summed E-state index contributed by atoms with van der Waals surface area (Å²) >= 11 is 0. The molecule has 15 rings (SSSR count). The quantitative estimate of drug-likeness (QED) is 0.152. The first-order valence-corrected chi connectivity index (χ1v) is 25.9. The number of benzene rings is 12. The van der Waals surface area contributed by atoms with Crippen molar-refractivity contribution >= 4 is 99.5 Å². The monoisotopic (exact) mass is 960 g/mol. The molecule has 0 amide bonds. The van der Waals surface area contributed by atoms with Gasteiger partial charge >= 0.3 is 0 Å². The molecule has 354 valence electrons. The van der Waals surface area contributed by atoms with Crippen LogP contribution in [0.4, 0.5) is 34.1 Å². The zero-order valence-corrected chi connectivity index (χ0v) is 41.5. The molecule has 1 aliphatic rings. The lowest BCUT2D eigenvalue weighted by Crippen LogP contribution is -2.12. The molecule has 0 N–H and O–H groups in total. The first kappa shape index (κ1) is 43.0. The summed E-state index contributed by atoms with van der Waals surface area (Å²) in [5, 5.41) is 8.85. The van der Waals surface area contributed by atoms with E-state index in [-0.39, 0.29) is 0 Å². The van der Waals surface area contributed by atoms with Gasteiger partial charge in [0.2, 0.25) is 0 Å². The van der Waals surface area contributed by atoms with Crippen molar-refractivity contribution in [1.29, 1.82) is 0 Å². The molecule has 12 aromatic carbocycles. The Balaban J connectivity index is 0.965. The van der Waals surface area contributed by atoms with Crippen LogP contribution in [0.15, 0.2) is 251 Å². The van der Waals surface area contributed by atoms with Crippen LogP contribution >= 0.6 is 0 Å². The summed E-state index contributed by atoms with van der Waals surface area (Å²) in [6.45, 7) is 4.29. The van der Waals surface area contributed by atoms with E-state index in [2.05, 4.69) is 266 Å². The minimum absolute atomic E-state index is 0.813. The zero-order chi connectivity index (χ0) is 49.7. The summed E-state index contributed by atoms with van der Waals surface area (Å²) in [5.74, 6) is 0. The number of rotatable bonds is 8. The van der Waals surface area contributed by atoms with Crippen molar-refractivity contribution in [2.45, 2.75) is 20.3 Å². The molecule has 2 aromatic heterocycles. The average Bonchev–Trinajstić information content (AvgIpc) is 4.19. The highest BCUT2D eigenvalue weighted by atomic mass is 16.3. The minimum atomic E-state index is 0.813. The fourth-order valence-corrected chi connectivity index (χ4v) is 12.2. The molecule has 4 nitrogen and oxygen atoms in total. The summed E-state index contributed by atoms with van der Waals surface area (Å²) in [6.07, 6.45) is 0.821.